The van der Waals surface area contributed by atoms with Crippen molar-refractivity contribution in [3.8, 4) is 11.5 Å². The van der Waals surface area contributed by atoms with Crippen molar-refractivity contribution in [2.45, 2.75) is 6.18 Å². The Morgan fingerprint density at radius 2 is 1.75 bits per heavy atom. The van der Waals surface area contributed by atoms with Crippen LogP contribution in [0, 0.1) is 0 Å². The van der Waals surface area contributed by atoms with Gasteiger partial charge in [-0.25, -0.2) is 0 Å². The van der Waals surface area contributed by atoms with Gasteiger partial charge in [0.2, 0.25) is 0 Å². The second-order valence-electron chi connectivity index (χ2n) is 3.03. The molecular weight excluding hydrogens is 223 g/mol. The van der Waals surface area contributed by atoms with E-state index >= 15 is 0 Å². The maximum atomic E-state index is 12.3. The predicted octanol–water partition coefficient (Wildman–Crippen LogP) is 2.34. The molecule has 0 saturated heterocycles. The monoisotopic (exact) mass is 229 g/mol. The Labute approximate surface area is 87.9 Å². The maximum Gasteiger partial charge on any atom is 0.416 e. The van der Waals surface area contributed by atoms with Gasteiger partial charge in [-0.05, 0) is 29.4 Å². The fraction of sp³-hybridized carbons (Fsp3) is 0.111. The van der Waals surface area contributed by atoms with Gasteiger partial charge in [-0.3, -0.25) is 0 Å². The van der Waals surface area contributed by atoms with Crippen LogP contribution >= 0.6 is 0 Å². The van der Waals surface area contributed by atoms with Gasteiger partial charge in [-0.2, -0.15) is 18.2 Å². The van der Waals surface area contributed by atoms with Crippen LogP contribution in [0.15, 0.2) is 28.8 Å². The van der Waals surface area contributed by atoms with E-state index in [2.05, 4.69) is 10.1 Å². The highest BCUT2D eigenvalue weighted by Crippen LogP contribution is 2.30. The van der Waals surface area contributed by atoms with Crippen molar-refractivity contribution < 1.29 is 17.7 Å². The zero-order chi connectivity index (χ0) is 11.8. The van der Waals surface area contributed by atoms with Gasteiger partial charge in [-0.1, -0.05) is 0 Å². The number of anilines is 1. The molecule has 84 valence electrons. The van der Waals surface area contributed by atoms with E-state index in [1.165, 1.54) is 12.1 Å². The Morgan fingerprint density at radius 1 is 1.12 bits per heavy atom. The van der Waals surface area contributed by atoms with Gasteiger partial charge >= 0.3 is 6.18 Å². The molecule has 0 aliphatic rings. The van der Waals surface area contributed by atoms with Crippen molar-refractivity contribution >= 4 is 5.95 Å². The molecule has 0 atom stereocenters. The van der Waals surface area contributed by atoms with Gasteiger partial charge in [0.05, 0.1) is 5.56 Å². The zero-order valence-electron chi connectivity index (χ0n) is 7.82. The number of alkyl halides is 3. The molecule has 0 aliphatic carbocycles. The number of nitrogens with zero attached hydrogens (tertiary/aromatic N) is 2. The summed E-state index contributed by atoms with van der Waals surface area (Å²) in [7, 11) is 0. The lowest BCUT2D eigenvalue weighted by atomic mass is 10.1. The van der Waals surface area contributed by atoms with E-state index in [1.807, 2.05) is 0 Å². The molecular formula is C9H6F3N3O. The van der Waals surface area contributed by atoms with Crippen molar-refractivity contribution in [1.29, 1.82) is 0 Å². The van der Waals surface area contributed by atoms with Crippen molar-refractivity contribution in [3.05, 3.63) is 29.8 Å². The maximum absolute atomic E-state index is 12.3. The van der Waals surface area contributed by atoms with E-state index in [-0.39, 0.29) is 11.8 Å². The lowest BCUT2D eigenvalue weighted by Gasteiger charge is -2.05. The number of aromatic nitrogens is 2. The van der Waals surface area contributed by atoms with Gasteiger partial charge in [0.15, 0.2) is 0 Å². The quantitative estimate of drug-likeness (QED) is 0.815. The summed E-state index contributed by atoms with van der Waals surface area (Å²) < 4.78 is 41.5. The Kier molecular flexibility index (Phi) is 2.30. The topological polar surface area (TPSA) is 64.9 Å². The van der Waals surface area contributed by atoms with E-state index in [4.69, 9.17) is 10.3 Å². The highest BCUT2D eigenvalue weighted by atomic mass is 19.4. The highest BCUT2D eigenvalue weighted by Gasteiger charge is 2.30. The summed E-state index contributed by atoms with van der Waals surface area (Å²) in [5.41, 5.74) is 4.87. The van der Waals surface area contributed by atoms with Crippen molar-refractivity contribution in [2.75, 3.05) is 5.73 Å². The highest BCUT2D eigenvalue weighted by molar-refractivity contribution is 5.54. The first kappa shape index (κ1) is 10.5. The third-order valence-electron chi connectivity index (χ3n) is 1.90. The first-order valence-electron chi connectivity index (χ1n) is 4.23. The van der Waals surface area contributed by atoms with Crippen LogP contribution in [0.4, 0.5) is 19.1 Å². The smallest absolute Gasteiger partial charge is 0.365 e. The number of nitrogen functional groups attached to an aromatic ring is 1. The molecule has 1 aromatic heterocycles. The van der Waals surface area contributed by atoms with Crippen LogP contribution in [-0.2, 0) is 6.18 Å². The fourth-order valence-corrected chi connectivity index (χ4v) is 1.15. The van der Waals surface area contributed by atoms with Gasteiger partial charge in [0.1, 0.15) is 0 Å². The molecule has 0 aliphatic heterocycles. The van der Waals surface area contributed by atoms with Crippen LogP contribution < -0.4 is 5.73 Å². The SMILES string of the molecule is Nc1noc(-c2ccc(C(F)(F)F)cc2)n1. The third kappa shape index (κ3) is 1.97. The molecule has 0 unspecified atom stereocenters. The van der Waals surface area contributed by atoms with Gasteiger partial charge in [0, 0.05) is 5.56 Å². The molecule has 7 heteroatoms. The number of rotatable bonds is 1. The lowest BCUT2D eigenvalue weighted by molar-refractivity contribution is -0.137. The number of nitrogens with two attached hydrogens (primary N) is 1. The Bertz CT molecular complexity index is 489. The summed E-state index contributed by atoms with van der Waals surface area (Å²) in [4.78, 5) is 3.69. The second-order valence-corrected chi connectivity index (χ2v) is 3.03. The van der Waals surface area contributed by atoms with Crippen LogP contribution in [-0.4, -0.2) is 10.1 Å². The van der Waals surface area contributed by atoms with Gasteiger partial charge in [0.25, 0.3) is 11.8 Å². The van der Waals surface area contributed by atoms with E-state index in [9.17, 15) is 13.2 Å². The fourth-order valence-electron chi connectivity index (χ4n) is 1.15. The molecule has 16 heavy (non-hydrogen) atoms. The average Bonchev–Trinajstić information content (AvgIpc) is 2.64. The summed E-state index contributed by atoms with van der Waals surface area (Å²) in [6.45, 7) is 0. The molecule has 2 aromatic rings. The molecule has 1 aromatic carbocycles. The van der Waals surface area contributed by atoms with E-state index in [0.29, 0.717) is 5.56 Å². The van der Waals surface area contributed by atoms with E-state index in [1.54, 1.807) is 0 Å². The molecule has 0 spiro atoms. The summed E-state index contributed by atoms with van der Waals surface area (Å²) in [5.74, 6) is 0.0288. The first-order chi connectivity index (χ1) is 7.47. The molecule has 0 fully saturated rings. The van der Waals surface area contributed by atoms with Crippen LogP contribution in [0.1, 0.15) is 5.56 Å². The predicted molar refractivity (Wildman–Crippen MR) is 49.1 cm³/mol. The van der Waals surface area contributed by atoms with Crippen LogP contribution in [0.5, 0.6) is 0 Å². The number of benzene rings is 1. The lowest BCUT2D eigenvalue weighted by Crippen LogP contribution is -2.03. The minimum atomic E-state index is -4.35. The van der Waals surface area contributed by atoms with Crippen LogP contribution in [0.2, 0.25) is 0 Å². The summed E-state index contributed by atoms with van der Waals surface area (Å²) in [6, 6.07) is 4.37. The summed E-state index contributed by atoms with van der Waals surface area (Å²) >= 11 is 0. The molecule has 0 radical (unpaired) electrons. The molecule has 0 bridgehead atoms. The van der Waals surface area contributed by atoms with Crippen molar-refractivity contribution in [1.82, 2.24) is 10.1 Å². The van der Waals surface area contributed by atoms with Crippen molar-refractivity contribution in [2.24, 2.45) is 0 Å². The number of hydrogen-bond donors (Lipinski definition) is 1. The Balaban J connectivity index is 2.33. The molecule has 4 nitrogen and oxygen atoms in total. The normalized spacial score (nSPS) is 11.7. The molecule has 0 amide bonds. The number of halogens is 3. The molecule has 0 saturated carbocycles. The summed E-state index contributed by atoms with van der Waals surface area (Å²) in [5, 5.41) is 3.33. The standard InChI is InChI=1S/C9H6F3N3O/c10-9(11,12)6-3-1-5(2-4-6)7-14-8(13)15-16-7/h1-4H,(H2,13,15). The minimum absolute atomic E-state index is 0.0603. The van der Waals surface area contributed by atoms with Gasteiger partial charge in [-0.15, -0.1) is 0 Å². The van der Waals surface area contributed by atoms with Crippen LogP contribution in [0.3, 0.4) is 0 Å². The van der Waals surface area contributed by atoms with E-state index < -0.39 is 11.7 Å². The molecule has 1 heterocycles. The Morgan fingerprint density at radius 3 is 2.19 bits per heavy atom. The first-order valence-corrected chi connectivity index (χ1v) is 4.23. The average molecular weight is 229 g/mol. The summed E-state index contributed by atoms with van der Waals surface area (Å²) in [6.07, 6.45) is -4.35. The third-order valence-corrected chi connectivity index (χ3v) is 1.90. The molecule has 2 rings (SSSR count). The number of hydrogen-bond acceptors (Lipinski definition) is 4. The van der Waals surface area contributed by atoms with E-state index in [0.717, 1.165) is 12.1 Å². The largest absolute Gasteiger partial charge is 0.416 e. The van der Waals surface area contributed by atoms with Gasteiger partial charge < -0.3 is 10.3 Å². The van der Waals surface area contributed by atoms with Crippen molar-refractivity contribution in [3.63, 3.8) is 0 Å². The second kappa shape index (κ2) is 3.51. The van der Waals surface area contributed by atoms with Crippen LogP contribution in [0.25, 0.3) is 11.5 Å². The Hall–Kier alpha value is -2.05. The zero-order valence-corrected chi connectivity index (χ0v) is 7.82. The minimum Gasteiger partial charge on any atom is -0.365 e. The molecule has 2 N–H and O–H groups in total.